The van der Waals surface area contributed by atoms with Crippen molar-refractivity contribution in [1.29, 1.82) is 0 Å². The third-order valence-electron chi connectivity index (χ3n) is 2.68. The summed E-state index contributed by atoms with van der Waals surface area (Å²) in [4.78, 5) is 10.2. The van der Waals surface area contributed by atoms with Gasteiger partial charge in [0.2, 0.25) is 0 Å². The average Bonchev–Trinajstić information content (AvgIpc) is 2.31. The second-order valence-corrected chi connectivity index (χ2v) is 8.13. The molecule has 0 aromatic carbocycles. The van der Waals surface area contributed by atoms with Crippen LogP contribution in [0.5, 0.6) is 0 Å². The van der Waals surface area contributed by atoms with E-state index in [0.717, 1.165) is 19.1 Å². The minimum atomic E-state index is -0.370. The molecule has 0 saturated carbocycles. The van der Waals surface area contributed by atoms with E-state index in [-0.39, 0.29) is 10.0 Å². The van der Waals surface area contributed by atoms with Gasteiger partial charge in [-0.15, -0.1) is 0 Å². The Labute approximate surface area is 82.9 Å². The number of carbonyl (C=O) groups excluding carboxylic acids is 1. The second kappa shape index (κ2) is 5.48. The standard InChI is InChI=1S/C11H20OS/c1-13(11-7-4-8-12)9-5-2-3-6-10-13/h2-3,8H,4-7,9-11H2,1H3. The minimum Gasteiger partial charge on any atom is -0.303 e. The number of unbranched alkanes of at least 4 members (excludes halogenated alkanes) is 1. The molecule has 1 heterocycles. The van der Waals surface area contributed by atoms with Crippen molar-refractivity contribution in [3.05, 3.63) is 12.2 Å². The van der Waals surface area contributed by atoms with Crippen LogP contribution in [0.2, 0.25) is 0 Å². The third-order valence-corrected chi connectivity index (χ3v) is 6.40. The molecule has 0 radical (unpaired) electrons. The first-order valence-electron chi connectivity index (χ1n) is 5.07. The monoisotopic (exact) mass is 200 g/mol. The molecule has 13 heavy (non-hydrogen) atoms. The normalized spacial score (nSPS) is 23.5. The molecule has 0 bridgehead atoms. The largest absolute Gasteiger partial charge is 0.303 e. The van der Waals surface area contributed by atoms with E-state index in [2.05, 4.69) is 18.4 Å². The molecule has 0 fully saturated rings. The summed E-state index contributed by atoms with van der Waals surface area (Å²) in [5.41, 5.74) is 0. The van der Waals surface area contributed by atoms with Crippen molar-refractivity contribution >= 4 is 16.3 Å². The maximum atomic E-state index is 10.2. The van der Waals surface area contributed by atoms with Crippen molar-refractivity contribution in [3.63, 3.8) is 0 Å². The van der Waals surface area contributed by atoms with Crippen molar-refractivity contribution in [2.24, 2.45) is 0 Å². The molecule has 0 atom stereocenters. The lowest BCUT2D eigenvalue weighted by molar-refractivity contribution is -0.107. The zero-order chi connectivity index (χ0) is 9.57. The van der Waals surface area contributed by atoms with E-state index in [0.29, 0.717) is 0 Å². The molecule has 1 rings (SSSR count). The van der Waals surface area contributed by atoms with Gasteiger partial charge in [0, 0.05) is 6.42 Å². The van der Waals surface area contributed by atoms with Gasteiger partial charge in [-0.2, -0.15) is 0 Å². The van der Waals surface area contributed by atoms with Crippen LogP contribution in [0.1, 0.15) is 25.7 Å². The fourth-order valence-electron chi connectivity index (χ4n) is 1.76. The molecule has 0 unspecified atom stereocenters. The van der Waals surface area contributed by atoms with Crippen LogP contribution >= 0.6 is 10.0 Å². The summed E-state index contributed by atoms with van der Waals surface area (Å²) in [5.74, 6) is 4.05. The molecular weight excluding hydrogens is 180 g/mol. The quantitative estimate of drug-likeness (QED) is 0.387. The molecule has 0 N–H and O–H groups in total. The highest BCUT2D eigenvalue weighted by molar-refractivity contribution is 8.33. The van der Waals surface area contributed by atoms with Crippen molar-refractivity contribution in [1.82, 2.24) is 0 Å². The minimum absolute atomic E-state index is 0.370. The lowest BCUT2D eigenvalue weighted by Crippen LogP contribution is -2.10. The van der Waals surface area contributed by atoms with E-state index >= 15 is 0 Å². The van der Waals surface area contributed by atoms with Gasteiger partial charge in [0.05, 0.1) is 0 Å². The van der Waals surface area contributed by atoms with Crippen LogP contribution in [-0.4, -0.2) is 29.8 Å². The van der Waals surface area contributed by atoms with Crippen LogP contribution in [0.4, 0.5) is 0 Å². The number of carbonyl (C=O) groups is 1. The number of rotatable bonds is 4. The first-order valence-corrected chi connectivity index (χ1v) is 7.62. The maximum absolute atomic E-state index is 10.2. The Hall–Kier alpha value is -0.240. The first-order chi connectivity index (χ1) is 6.27. The predicted molar refractivity (Wildman–Crippen MR) is 61.8 cm³/mol. The van der Waals surface area contributed by atoms with E-state index < -0.39 is 0 Å². The molecule has 0 aliphatic carbocycles. The molecule has 76 valence electrons. The fraction of sp³-hybridized carbons (Fsp3) is 0.727. The summed E-state index contributed by atoms with van der Waals surface area (Å²) in [7, 11) is -0.370. The molecule has 1 aliphatic rings. The van der Waals surface area contributed by atoms with Crippen LogP contribution in [-0.2, 0) is 4.79 Å². The highest BCUT2D eigenvalue weighted by atomic mass is 32.3. The van der Waals surface area contributed by atoms with Crippen LogP contribution < -0.4 is 0 Å². The van der Waals surface area contributed by atoms with Gasteiger partial charge >= 0.3 is 0 Å². The van der Waals surface area contributed by atoms with Gasteiger partial charge in [-0.05, 0) is 42.8 Å². The summed E-state index contributed by atoms with van der Waals surface area (Å²) >= 11 is 0. The number of allylic oxidation sites excluding steroid dienone is 2. The summed E-state index contributed by atoms with van der Waals surface area (Å²) < 4.78 is 0. The van der Waals surface area contributed by atoms with Crippen molar-refractivity contribution in [2.45, 2.75) is 25.7 Å². The van der Waals surface area contributed by atoms with Crippen molar-refractivity contribution in [2.75, 3.05) is 23.5 Å². The van der Waals surface area contributed by atoms with Crippen LogP contribution in [0.15, 0.2) is 12.2 Å². The van der Waals surface area contributed by atoms with Gasteiger partial charge < -0.3 is 4.79 Å². The molecule has 1 nitrogen and oxygen atoms in total. The SMILES string of the molecule is CS1(CCCC=O)CCC=CCC1. The number of aldehydes is 1. The van der Waals surface area contributed by atoms with E-state index in [4.69, 9.17) is 0 Å². The van der Waals surface area contributed by atoms with E-state index in [1.165, 1.54) is 30.1 Å². The molecule has 0 aromatic rings. The second-order valence-electron chi connectivity index (χ2n) is 3.95. The fourth-order valence-corrected chi connectivity index (χ4v) is 4.65. The Morgan fingerprint density at radius 2 is 1.92 bits per heavy atom. The van der Waals surface area contributed by atoms with Gasteiger partial charge in [0.15, 0.2) is 0 Å². The first kappa shape index (κ1) is 10.8. The van der Waals surface area contributed by atoms with Crippen LogP contribution in [0, 0.1) is 0 Å². The van der Waals surface area contributed by atoms with E-state index in [9.17, 15) is 4.79 Å². The Morgan fingerprint density at radius 3 is 2.46 bits per heavy atom. The average molecular weight is 200 g/mol. The Morgan fingerprint density at radius 1 is 1.31 bits per heavy atom. The van der Waals surface area contributed by atoms with Gasteiger partial charge in [-0.1, -0.05) is 12.2 Å². The molecule has 0 amide bonds. The Bertz CT molecular complexity index is 177. The maximum Gasteiger partial charge on any atom is 0.120 e. The lowest BCUT2D eigenvalue weighted by Gasteiger charge is -2.34. The molecule has 0 spiro atoms. The zero-order valence-electron chi connectivity index (χ0n) is 8.50. The topological polar surface area (TPSA) is 17.1 Å². The molecule has 0 saturated heterocycles. The molecule has 0 aromatic heterocycles. The summed E-state index contributed by atoms with van der Waals surface area (Å²) in [5, 5.41) is 0. The van der Waals surface area contributed by atoms with Gasteiger partial charge in [0.1, 0.15) is 6.29 Å². The zero-order valence-corrected chi connectivity index (χ0v) is 9.31. The number of hydrogen-bond donors (Lipinski definition) is 0. The van der Waals surface area contributed by atoms with E-state index in [1.54, 1.807) is 0 Å². The summed E-state index contributed by atoms with van der Waals surface area (Å²) in [6.07, 6.45) is 12.5. The predicted octanol–water partition coefficient (Wildman–Crippen LogP) is 2.75. The summed E-state index contributed by atoms with van der Waals surface area (Å²) in [6.45, 7) is 0. The van der Waals surface area contributed by atoms with Gasteiger partial charge in [-0.25, -0.2) is 10.0 Å². The third kappa shape index (κ3) is 3.99. The number of hydrogen-bond acceptors (Lipinski definition) is 1. The van der Waals surface area contributed by atoms with Crippen LogP contribution in [0.3, 0.4) is 0 Å². The van der Waals surface area contributed by atoms with Gasteiger partial charge in [0.25, 0.3) is 0 Å². The highest BCUT2D eigenvalue weighted by Crippen LogP contribution is 2.47. The van der Waals surface area contributed by atoms with Crippen LogP contribution in [0.25, 0.3) is 0 Å². The molecule has 1 aliphatic heterocycles. The van der Waals surface area contributed by atoms with E-state index in [1.807, 2.05) is 0 Å². The van der Waals surface area contributed by atoms with Gasteiger partial charge in [-0.3, -0.25) is 0 Å². The van der Waals surface area contributed by atoms with Crippen molar-refractivity contribution in [3.8, 4) is 0 Å². The molecule has 2 heteroatoms. The van der Waals surface area contributed by atoms with Crippen molar-refractivity contribution < 1.29 is 4.79 Å². The Balaban J connectivity index is 2.31. The highest BCUT2D eigenvalue weighted by Gasteiger charge is 2.17. The summed E-state index contributed by atoms with van der Waals surface area (Å²) in [6, 6.07) is 0. The lowest BCUT2D eigenvalue weighted by atomic mass is 10.4. The smallest absolute Gasteiger partial charge is 0.120 e. The molecular formula is C11H20OS. The Kier molecular flexibility index (Phi) is 4.57.